The summed E-state index contributed by atoms with van der Waals surface area (Å²) < 4.78 is 20.1. The summed E-state index contributed by atoms with van der Waals surface area (Å²) in [5.74, 6) is -0.210. The van der Waals surface area contributed by atoms with Crippen molar-refractivity contribution in [3.05, 3.63) is 102 Å². The molecule has 6 rings (SSSR count). The topological polar surface area (TPSA) is 31.5 Å². The minimum absolute atomic E-state index is 0.210. The zero-order valence-electron chi connectivity index (χ0n) is 19.3. The van der Waals surface area contributed by atoms with E-state index < -0.39 is 5.60 Å². The van der Waals surface area contributed by atoms with Crippen LogP contribution in [0.5, 0.6) is 0 Å². The molecule has 0 amide bonds. The second-order valence-electron chi connectivity index (χ2n) is 9.46. The van der Waals surface area contributed by atoms with Crippen LogP contribution in [0.3, 0.4) is 0 Å². The van der Waals surface area contributed by atoms with Crippen LogP contribution in [-0.2, 0) is 16.9 Å². The maximum atomic E-state index is 13.7. The number of ether oxygens (including phenoxy) is 1. The van der Waals surface area contributed by atoms with E-state index in [2.05, 4.69) is 63.3 Å². The van der Waals surface area contributed by atoms with Gasteiger partial charge in [0.25, 0.3) is 0 Å². The molecule has 2 aliphatic rings. The van der Waals surface area contributed by atoms with Crippen LogP contribution in [0.15, 0.2) is 79.0 Å². The summed E-state index contributed by atoms with van der Waals surface area (Å²) in [6.07, 6.45) is 3.92. The van der Waals surface area contributed by atoms with Gasteiger partial charge in [-0.05, 0) is 72.5 Å². The number of aromatic amines is 1. The van der Waals surface area contributed by atoms with Gasteiger partial charge in [-0.25, -0.2) is 4.39 Å². The number of anilines is 1. The first kappa shape index (κ1) is 21.4. The summed E-state index contributed by atoms with van der Waals surface area (Å²) >= 11 is 0. The van der Waals surface area contributed by atoms with Gasteiger partial charge in [-0.2, -0.15) is 0 Å². The summed E-state index contributed by atoms with van der Waals surface area (Å²) in [6, 6.07) is 24.1. The molecule has 174 valence electrons. The van der Waals surface area contributed by atoms with Crippen LogP contribution in [0.25, 0.3) is 10.9 Å². The molecule has 4 aromatic rings. The SMILES string of the molecule is Fc1ccc(C2(CCCN3CCN(c4ccc5[nH]ccc5c4)CC3)OCc3ccccc32)cc1. The summed E-state index contributed by atoms with van der Waals surface area (Å²) in [7, 11) is 0. The molecule has 0 radical (unpaired) electrons. The highest BCUT2D eigenvalue weighted by molar-refractivity contribution is 5.83. The van der Waals surface area contributed by atoms with E-state index in [9.17, 15) is 4.39 Å². The maximum Gasteiger partial charge on any atom is 0.123 e. The molecule has 0 saturated carbocycles. The Labute approximate surface area is 200 Å². The Morgan fingerprint density at radius 1 is 0.912 bits per heavy atom. The lowest BCUT2D eigenvalue weighted by molar-refractivity contribution is -0.0146. The van der Waals surface area contributed by atoms with E-state index in [1.165, 1.54) is 27.7 Å². The monoisotopic (exact) mass is 455 g/mol. The van der Waals surface area contributed by atoms with Crippen molar-refractivity contribution in [1.82, 2.24) is 9.88 Å². The van der Waals surface area contributed by atoms with E-state index in [1.54, 1.807) is 12.1 Å². The predicted octanol–water partition coefficient (Wildman–Crippen LogP) is 5.68. The van der Waals surface area contributed by atoms with Crippen molar-refractivity contribution in [2.24, 2.45) is 0 Å². The molecule has 5 heteroatoms. The Kier molecular flexibility index (Phi) is 5.60. The molecular formula is C29H30FN3O. The lowest BCUT2D eigenvalue weighted by atomic mass is 9.82. The van der Waals surface area contributed by atoms with Crippen LogP contribution >= 0.6 is 0 Å². The highest BCUT2D eigenvalue weighted by atomic mass is 19.1. The van der Waals surface area contributed by atoms with Gasteiger partial charge in [0.2, 0.25) is 0 Å². The molecule has 2 aliphatic heterocycles. The molecule has 1 atom stereocenters. The highest BCUT2D eigenvalue weighted by Crippen LogP contribution is 2.45. The number of benzene rings is 3. The summed E-state index contributed by atoms with van der Waals surface area (Å²) in [5.41, 5.74) is 5.51. The van der Waals surface area contributed by atoms with Crippen LogP contribution in [0, 0.1) is 5.82 Å². The number of H-pyrrole nitrogens is 1. The maximum absolute atomic E-state index is 13.7. The quantitative estimate of drug-likeness (QED) is 0.406. The van der Waals surface area contributed by atoms with Gasteiger partial charge in [0.1, 0.15) is 11.4 Å². The van der Waals surface area contributed by atoms with Crippen LogP contribution in [0.2, 0.25) is 0 Å². The summed E-state index contributed by atoms with van der Waals surface area (Å²) in [6.45, 7) is 5.85. The van der Waals surface area contributed by atoms with Gasteiger partial charge in [0.15, 0.2) is 0 Å². The Morgan fingerprint density at radius 3 is 2.59 bits per heavy atom. The molecule has 0 spiro atoms. The predicted molar refractivity (Wildman–Crippen MR) is 135 cm³/mol. The number of hydrogen-bond donors (Lipinski definition) is 1. The van der Waals surface area contributed by atoms with E-state index in [0.29, 0.717) is 6.61 Å². The fourth-order valence-electron chi connectivity index (χ4n) is 5.65. The van der Waals surface area contributed by atoms with Crippen molar-refractivity contribution in [3.8, 4) is 0 Å². The van der Waals surface area contributed by atoms with Crippen molar-refractivity contribution in [2.75, 3.05) is 37.6 Å². The average molecular weight is 456 g/mol. The fourth-order valence-corrected chi connectivity index (χ4v) is 5.65. The van der Waals surface area contributed by atoms with Crippen LogP contribution in [0.4, 0.5) is 10.1 Å². The molecule has 1 unspecified atom stereocenters. The van der Waals surface area contributed by atoms with Gasteiger partial charge >= 0.3 is 0 Å². The standard InChI is InChI=1S/C29H30FN3O/c30-25-8-6-24(7-9-25)29(27-5-2-1-4-23(27)21-34-29)13-3-15-32-16-18-33(19-17-32)26-10-11-28-22(20-26)12-14-31-28/h1-2,4-12,14,20,31H,3,13,15-19,21H2. The minimum Gasteiger partial charge on any atom is -0.369 e. The zero-order valence-corrected chi connectivity index (χ0v) is 19.3. The van der Waals surface area contributed by atoms with Crippen molar-refractivity contribution in [3.63, 3.8) is 0 Å². The Hall–Kier alpha value is -3.15. The number of rotatable bonds is 6. The van der Waals surface area contributed by atoms with E-state index in [0.717, 1.165) is 51.1 Å². The van der Waals surface area contributed by atoms with Crippen LogP contribution < -0.4 is 4.90 Å². The summed E-state index contributed by atoms with van der Waals surface area (Å²) in [5, 5.41) is 1.27. The first-order valence-electron chi connectivity index (χ1n) is 12.2. The van der Waals surface area contributed by atoms with Gasteiger partial charge in [-0.3, -0.25) is 4.90 Å². The fraction of sp³-hybridized carbons (Fsp3) is 0.310. The minimum atomic E-state index is -0.488. The molecule has 1 saturated heterocycles. The van der Waals surface area contributed by atoms with Gasteiger partial charge in [-0.1, -0.05) is 36.4 Å². The number of nitrogens with zero attached hydrogens (tertiary/aromatic N) is 2. The van der Waals surface area contributed by atoms with E-state index >= 15 is 0 Å². The highest BCUT2D eigenvalue weighted by Gasteiger charge is 2.41. The third-order valence-electron chi connectivity index (χ3n) is 7.51. The molecule has 3 aromatic carbocycles. The first-order valence-corrected chi connectivity index (χ1v) is 12.2. The summed E-state index contributed by atoms with van der Waals surface area (Å²) in [4.78, 5) is 8.32. The first-order chi connectivity index (χ1) is 16.7. The average Bonchev–Trinajstić information content (AvgIpc) is 3.50. The van der Waals surface area contributed by atoms with Crippen molar-refractivity contribution >= 4 is 16.6 Å². The molecular weight excluding hydrogens is 425 g/mol. The van der Waals surface area contributed by atoms with Gasteiger partial charge in [0, 0.05) is 49.0 Å². The van der Waals surface area contributed by atoms with E-state index in [4.69, 9.17) is 4.74 Å². The molecule has 4 nitrogen and oxygen atoms in total. The molecule has 0 aliphatic carbocycles. The largest absolute Gasteiger partial charge is 0.369 e. The zero-order chi connectivity index (χ0) is 23.0. The second kappa shape index (κ2) is 8.90. The molecule has 1 N–H and O–H groups in total. The molecule has 1 fully saturated rings. The Morgan fingerprint density at radius 2 is 1.74 bits per heavy atom. The number of halogens is 1. The number of piperazine rings is 1. The third-order valence-corrected chi connectivity index (χ3v) is 7.51. The number of hydrogen-bond acceptors (Lipinski definition) is 3. The Bertz CT molecular complexity index is 1280. The van der Waals surface area contributed by atoms with Gasteiger partial charge < -0.3 is 14.6 Å². The second-order valence-corrected chi connectivity index (χ2v) is 9.46. The van der Waals surface area contributed by atoms with Gasteiger partial charge in [0.05, 0.1) is 6.61 Å². The van der Waals surface area contributed by atoms with E-state index in [1.807, 2.05) is 18.3 Å². The van der Waals surface area contributed by atoms with E-state index in [-0.39, 0.29) is 5.82 Å². The van der Waals surface area contributed by atoms with Gasteiger partial charge in [-0.15, -0.1) is 0 Å². The molecule has 1 aromatic heterocycles. The van der Waals surface area contributed by atoms with Crippen molar-refractivity contribution < 1.29 is 9.13 Å². The Balaban J connectivity index is 1.11. The smallest absolute Gasteiger partial charge is 0.123 e. The number of aromatic nitrogens is 1. The number of nitrogens with one attached hydrogen (secondary N) is 1. The van der Waals surface area contributed by atoms with Crippen molar-refractivity contribution in [1.29, 1.82) is 0 Å². The molecule has 0 bridgehead atoms. The molecule has 3 heterocycles. The van der Waals surface area contributed by atoms with Crippen LogP contribution in [0.1, 0.15) is 29.5 Å². The van der Waals surface area contributed by atoms with Crippen molar-refractivity contribution in [2.45, 2.75) is 25.0 Å². The lowest BCUT2D eigenvalue weighted by Crippen LogP contribution is -2.46. The molecule has 34 heavy (non-hydrogen) atoms. The van der Waals surface area contributed by atoms with Crippen LogP contribution in [-0.4, -0.2) is 42.6 Å². The third kappa shape index (κ3) is 3.89. The normalized spacial score (nSPS) is 20.7. The lowest BCUT2D eigenvalue weighted by Gasteiger charge is -2.37. The number of fused-ring (bicyclic) bond motifs is 2.